The summed E-state index contributed by atoms with van der Waals surface area (Å²) in [6.07, 6.45) is 3.68. The van der Waals surface area contributed by atoms with Crippen molar-refractivity contribution in [1.82, 2.24) is 0 Å². The summed E-state index contributed by atoms with van der Waals surface area (Å²) in [6.45, 7) is 6.21. The van der Waals surface area contributed by atoms with E-state index in [1.807, 2.05) is 19.9 Å². The standard InChI is InChI=1S/C27H29NO5S/c1-5-17-33-25-15-13-22(19-26(25)32-4)14-16-27(29)28(24-18-20(2)11-12-21(24)3)34(30,31)23-9-7-6-8-10-23/h6-16,18-19H,5,17H2,1-4H3/b16-14+. The molecule has 6 nitrogen and oxygen atoms in total. The molecule has 0 saturated carbocycles. The number of amides is 1. The largest absolute Gasteiger partial charge is 0.493 e. The second kappa shape index (κ2) is 11.0. The molecule has 0 bridgehead atoms. The van der Waals surface area contributed by atoms with E-state index in [-0.39, 0.29) is 4.90 Å². The van der Waals surface area contributed by atoms with Crippen molar-refractivity contribution in [2.45, 2.75) is 32.1 Å². The van der Waals surface area contributed by atoms with Crippen molar-refractivity contribution in [3.05, 3.63) is 89.5 Å². The van der Waals surface area contributed by atoms with Crippen LogP contribution in [-0.4, -0.2) is 28.0 Å². The van der Waals surface area contributed by atoms with Gasteiger partial charge in [-0.1, -0.05) is 43.3 Å². The molecule has 3 aromatic rings. The predicted molar refractivity (Wildman–Crippen MR) is 135 cm³/mol. The average molecular weight is 480 g/mol. The number of anilines is 1. The summed E-state index contributed by atoms with van der Waals surface area (Å²) in [5.41, 5.74) is 2.51. The molecule has 34 heavy (non-hydrogen) atoms. The average Bonchev–Trinajstić information content (AvgIpc) is 2.84. The molecule has 0 aliphatic heterocycles. The third kappa shape index (κ3) is 5.66. The fourth-order valence-corrected chi connectivity index (χ4v) is 4.82. The molecule has 178 valence electrons. The van der Waals surface area contributed by atoms with Crippen LogP contribution in [-0.2, 0) is 14.8 Å². The molecule has 3 aromatic carbocycles. The summed E-state index contributed by atoms with van der Waals surface area (Å²) in [5, 5.41) is 0. The first-order chi connectivity index (χ1) is 16.3. The van der Waals surface area contributed by atoms with Crippen LogP contribution in [0.4, 0.5) is 5.69 Å². The van der Waals surface area contributed by atoms with E-state index in [1.54, 1.807) is 68.6 Å². The van der Waals surface area contributed by atoms with E-state index >= 15 is 0 Å². The van der Waals surface area contributed by atoms with Gasteiger partial charge < -0.3 is 9.47 Å². The summed E-state index contributed by atoms with van der Waals surface area (Å²) in [5.74, 6) is 0.464. The lowest BCUT2D eigenvalue weighted by molar-refractivity contribution is -0.113. The van der Waals surface area contributed by atoms with Gasteiger partial charge in [0.2, 0.25) is 0 Å². The first-order valence-corrected chi connectivity index (χ1v) is 12.4. The lowest BCUT2D eigenvalue weighted by Crippen LogP contribution is -2.36. The van der Waals surface area contributed by atoms with Gasteiger partial charge in [0.05, 0.1) is 24.3 Å². The van der Waals surface area contributed by atoms with Crippen molar-refractivity contribution in [1.29, 1.82) is 0 Å². The zero-order valence-electron chi connectivity index (χ0n) is 19.8. The molecule has 0 atom stereocenters. The van der Waals surface area contributed by atoms with E-state index in [2.05, 4.69) is 0 Å². The Labute approximate surface area is 201 Å². The fourth-order valence-electron chi connectivity index (χ4n) is 3.36. The number of ether oxygens (including phenoxy) is 2. The second-order valence-electron chi connectivity index (χ2n) is 7.80. The second-order valence-corrected chi connectivity index (χ2v) is 9.59. The van der Waals surface area contributed by atoms with Gasteiger partial charge in [-0.3, -0.25) is 4.79 Å². The summed E-state index contributed by atoms with van der Waals surface area (Å²) < 4.78 is 39.0. The van der Waals surface area contributed by atoms with Gasteiger partial charge in [0.25, 0.3) is 15.9 Å². The number of hydrogen-bond donors (Lipinski definition) is 0. The first-order valence-electron chi connectivity index (χ1n) is 11.0. The van der Waals surface area contributed by atoms with Gasteiger partial charge in [-0.05, 0) is 73.4 Å². The number of carbonyl (C=O) groups excluding carboxylic acids is 1. The molecule has 0 aliphatic rings. The molecule has 0 N–H and O–H groups in total. The Balaban J connectivity index is 2.01. The van der Waals surface area contributed by atoms with Crippen molar-refractivity contribution in [2.24, 2.45) is 0 Å². The van der Waals surface area contributed by atoms with Crippen LogP contribution in [0.5, 0.6) is 11.5 Å². The highest BCUT2D eigenvalue weighted by atomic mass is 32.2. The van der Waals surface area contributed by atoms with E-state index < -0.39 is 15.9 Å². The Bertz CT molecular complexity index is 1280. The van der Waals surface area contributed by atoms with Crippen molar-refractivity contribution in [2.75, 3.05) is 18.0 Å². The highest BCUT2D eigenvalue weighted by molar-refractivity contribution is 7.93. The molecule has 0 unspecified atom stereocenters. The number of hydrogen-bond acceptors (Lipinski definition) is 5. The Kier molecular flexibility index (Phi) is 8.12. The highest BCUT2D eigenvalue weighted by Gasteiger charge is 2.30. The number of benzene rings is 3. The number of carbonyl (C=O) groups is 1. The maximum atomic E-state index is 13.5. The number of methoxy groups -OCH3 is 1. The van der Waals surface area contributed by atoms with Gasteiger partial charge in [-0.2, -0.15) is 4.31 Å². The smallest absolute Gasteiger partial charge is 0.271 e. The molecule has 0 radical (unpaired) electrons. The highest BCUT2D eigenvalue weighted by Crippen LogP contribution is 2.30. The van der Waals surface area contributed by atoms with Crippen LogP contribution < -0.4 is 13.8 Å². The predicted octanol–water partition coefficient (Wildman–Crippen LogP) is 5.54. The molecule has 3 rings (SSSR count). The number of aryl methyl sites for hydroxylation is 2. The first kappa shape index (κ1) is 25.1. The SMILES string of the molecule is CCCOc1ccc(/C=C/C(=O)N(c2cc(C)ccc2C)S(=O)(=O)c2ccccc2)cc1OC. The molecule has 0 aromatic heterocycles. The maximum absolute atomic E-state index is 13.5. The minimum atomic E-state index is -4.14. The van der Waals surface area contributed by atoms with Crippen molar-refractivity contribution in [3.8, 4) is 11.5 Å². The maximum Gasteiger partial charge on any atom is 0.271 e. The number of sulfonamides is 1. The minimum Gasteiger partial charge on any atom is -0.493 e. The Morgan fingerprint density at radius 2 is 1.71 bits per heavy atom. The van der Waals surface area contributed by atoms with Gasteiger partial charge in [-0.25, -0.2) is 8.42 Å². The summed E-state index contributed by atoms with van der Waals surface area (Å²) in [6, 6.07) is 18.6. The van der Waals surface area contributed by atoms with Crippen LogP contribution in [0.2, 0.25) is 0 Å². The fraction of sp³-hybridized carbons (Fsp3) is 0.222. The van der Waals surface area contributed by atoms with Crippen LogP contribution in [0, 0.1) is 13.8 Å². The molecule has 0 saturated heterocycles. The van der Waals surface area contributed by atoms with E-state index in [1.165, 1.54) is 18.2 Å². The molecule has 0 aliphatic carbocycles. The van der Waals surface area contributed by atoms with Crippen molar-refractivity contribution >= 4 is 27.7 Å². The van der Waals surface area contributed by atoms with Crippen LogP contribution in [0.1, 0.15) is 30.0 Å². The summed E-state index contributed by atoms with van der Waals surface area (Å²) in [4.78, 5) is 13.4. The zero-order valence-corrected chi connectivity index (χ0v) is 20.6. The lowest BCUT2D eigenvalue weighted by Gasteiger charge is -2.23. The Morgan fingerprint density at radius 3 is 2.38 bits per heavy atom. The van der Waals surface area contributed by atoms with Gasteiger partial charge in [0.15, 0.2) is 11.5 Å². The molecule has 1 amide bonds. The molecule has 0 fully saturated rings. The zero-order chi connectivity index (χ0) is 24.7. The van der Waals surface area contributed by atoms with E-state index in [9.17, 15) is 13.2 Å². The topological polar surface area (TPSA) is 72.9 Å². The molecule has 7 heteroatoms. The molecular weight excluding hydrogens is 450 g/mol. The van der Waals surface area contributed by atoms with E-state index in [0.717, 1.165) is 16.3 Å². The van der Waals surface area contributed by atoms with Gasteiger partial charge in [-0.15, -0.1) is 0 Å². The molecule has 0 spiro atoms. The molecule has 0 heterocycles. The number of nitrogens with zero attached hydrogens (tertiary/aromatic N) is 1. The van der Waals surface area contributed by atoms with E-state index in [0.29, 0.717) is 34.9 Å². The Morgan fingerprint density at radius 1 is 0.971 bits per heavy atom. The van der Waals surface area contributed by atoms with Gasteiger partial charge in [0.1, 0.15) is 0 Å². The third-order valence-electron chi connectivity index (χ3n) is 5.13. The van der Waals surface area contributed by atoms with Crippen LogP contribution >= 0.6 is 0 Å². The quantitative estimate of drug-likeness (QED) is 0.377. The minimum absolute atomic E-state index is 0.0387. The van der Waals surface area contributed by atoms with Gasteiger partial charge in [0, 0.05) is 6.08 Å². The summed E-state index contributed by atoms with van der Waals surface area (Å²) in [7, 11) is -2.60. The summed E-state index contributed by atoms with van der Waals surface area (Å²) >= 11 is 0. The monoisotopic (exact) mass is 479 g/mol. The van der Waals surface area contributed by atoms with Crippen molar-refractivity contribution < 1.29 is 22.7 Å². The van der Waals surface area contributed by atoms with Crippen LogP contribution in [0.25, 0.3) is 6.08 Å². The van der Waals surface area contributed by atoms with Crippen molar-refractivity contribution in [3.63, 3.8) is 0 Å². The molecular formula is C27H29NO5S. The van der Waals surface area contributed by atoms with Gasteiger partial charge >= 0.3 is 0 Å². The van der Waals surface area contributed by atoms with Crippen LogP contribution in [0.3, 0.4) is 0 Å². The lowest BCUT2D eigenvalue weighted by atomic mass is 10.1. The normalized spacial score (nSPS) is 11.4. The van der Waals surface area contributed by atoms with Crippen LogP contribution in [0.15, 0.2) is 77.7 Å². The number of rotatable bonds is 9. The third-order valence-corrected chi connectivity index (χ3v) is 6.86. The van der Waals surface area contributed by atoms with E-state index in [4.69, 9.17) is 9.47 Å². The Hall–Kier alpha value is -3.58.